The Labute approximate surface area is 117 Å². The zero-order chi connectivity index (χ0) is 15.4. The molecule has 1 rings (SSSR count). The van der Waals surface area contributed by atoms with Gasteiger partial charge in [0.1, 0.15) is 5.82 Å². The number of hydrogen-bond donors (Lipinski definition) is 1. The summed E-state index contributed by atoms with van der Waals surface area (Å²) in [7, 11) is 2.78. The third-order valence-electron chi connectivity index (χ3n) is 3.01. The predicted octanol–water partition coefficient (Wildman–Crippen LogP) is 1.60. The molecule has 2 N–H and O–H groups in total. The number of methoxy groups -OCH3 is 1. The van der Waals surface area contributed by atoms with E-state index in [-0.39, 0.29) is 12.1 Å². The first-order chi connectivity index (χ1) is 9.27. The molecule has 6 heteroatoms. The Hall–Kier alpha value is -2.11. The van der Waals surface area contributed by atoms with Crippen LogP contribution in [0.3, 0.4) is 0 Å². The summed E-state index contributed by atoms with van der Waals surface area (Å²) in [6, 6.07) is 2.76. The molecule has 0 saturated heterocycles. The first-order valence-electron chi connectivity index (χ1n) is 6.16. The third-order valence-corrected chi connectivity index (χ3v) is 3.01. The van der Waals surface area contributed by atoms with Crippen LogP contribution >= 0.6 is 0 Å². The molecular weight excluding hydrogens is 263 g/mol. The molecule has 20 heavy (non-hydrogen) atoms. The molecule has 1 aromatic carbocycles. The topological polar surface area (TPSA) is 72.6 Å². The molecule has 0 aliphatic heterocycles. The highest BCUT2D eigenvalue weighted by atomic mass is 19.1. The molecule has 0 heterocycles. The van der Waals surface area contributed by atoms with Crippen molar-refractivity contribution in [1.82, 2.24) is 4.90 Å². The Morgan fingerprint density at radius 2 is 2.05 bits per heavy atom. The lowest BCUT2D eigenvalue weighted by Crippen LogP contribution is -2.34. The van der Waals surface area contributed by atoms with Crippen LogP contribution in [0.1, 0.15) is 22.8 Å². The van der Waals surface area contributed by atoms with Gasteiger partial charge >= 0.3 is 5.97 Å². The fourth-order valence-corrected chi connectivity index (χ4v) is 1.93. The highest BCUT2D eigenvalue weighted by molar-refractivity contribution is 5.95. The smallest absolute Gasteiger partial charge is 0.310 e. The number of nitrogens with zero attached hydrogens (tertiary/aromatic N) is 1. The Balaban J connectivity index is 2.93. The van der Waals surface area contributed by atoms with Crippen molar-refractivity contribution in [1.29, 1.82) is 0 Å². The van der Waals surface area contributed by atoms with E-state index in [0.717, 1.165) is 0 Å². The number of hydrogen-bond acceptors (Lipinski definition) is 4. The summed E-state index contributed by atoms with van der Waals surface area (Å²) in [6.07, 6.45) is 0. The van der Waals surface area contributed by atoms with Gasteiger partial charge < -0.3 is 15.4 Å². The van der Waals surface area contributed by atoms with Crippen LogP contribution < -0.4 is 5.73 Å². The van der Waals surface area contributed by atoms with E-state index in [0.29, 0.717) is 11.3 Å². The molecule has 0 aliphatic rings. The van der Waals surface area contributed by atoms with Crippen LogP contribution in [0.4, 0.5) is 10.1 Å². The van der Waals surface area contributed by atoms with Crippen LogP contribution in [0.5, 0.6) is 0 Å². The standard InChI is InChI=1S/C14H19FN2O3/c1-8-5-10(16)6-11(12(8)15)13(18)17(3)7-9(2)14(19)20-4/h5-6,9H,7,16H2,1-4H3. The lowest BCUT2D eigenvalue weighted by atomic mass is 10.1. The van der Waals surface area contributed by atoms with Gasteiger partial charge in [-0.2, -0.15) is 0 Å². The van der Waals surface area contributed by atoms with E-state index in [1.807, 2.05) is 0 Å². The normalized spacial score (nSPS) is 11.8. The SMILES string of the molecule is COC(=O)C(C)CN(C)C(=O)c1cc(N)cc(C)c1F. The van der Waals surface area contributed by atoms with E-state index in [2.05, 4.69) is 4.74 Å². The van der Waals surface area contributed by atoms with Gasteiger partial charge in [0.2, 0.25) is 0 Å². The Morgan fingerprint density at radius 3 is 2.60 bits per heavy atom. The number of amides is 1. The lowest BCUT2D eigenvalue weighted by molar-refractivity contribution is -0.145. The van der Waals surface area contributed by atoms with E-state index in [4.69, 9.17) is 5.73 Å². The van der Waals surface area contributed by atoms with E-state index in [9.17, 15) is 14.0 Å². The van der Waals surface area contributed by atoms with Crippen molar-refractivity contribution in [2.45, 2.75) is 13.8 Å². The van der Waals surface area contributed by atoms with Crippen molar-refractivity contribution in [3.05, 3.63) is 29.1 Å². The number of aryl methyl sites for hydroxylation is 1. The second kappa shape index (κ2) is 6.36. The maximum atomic E-state index is 14.0. The van der Waals surface area contributed by atoms with Gasteiger partial charge in [0.15, 0.2) is 0 Å². The lowest BCUT2D eigenvalue weighted by Gasteiger charge is -2.21. The van der Waals surface area contributed by atoms with Crippen molar-refractivity contribution in [2.24, 2.45) is 5.92 Å². The number of nitrogen functional groups attached to an aromatic ring is 1. The molecule has 0 saturated carbocycles. The predicted molar refractivity (Wildman–Crippen MR) is 73.7 cm³/mol. The van der Waals surface area contributed by atoms with Crippen LogP contribution in [0, 0.1) is 18.7 Å². The highest BCUT2D eigenvalue weighted by Crippen LogP contribution is 2.19. The van der Waals surface area contributed by atoms with Gasteiger partial charge in [-0.25, -0.2) is 4.39 Å². The van der Waals surface area contributed by atoms with Gasteiger partial charge in [-0.1, -0.05) is 6.92 Å². The second-order valence-corrected chi connectivity index (χ2v) is 4.81. The summed E-state index contributed by atoms with van der Waals surface area (Å²) in [5.41, 5.74) is 6.16. The molecule has 110 valence electrons. The Kier molecular flexibility index (Phi) is 5.07. The van der Waals surface area contributed by atoms with Gasteiger partial charge in [-0.3, -0.25) is 9.59 Å². The summed E-state index contributed by atoms with van der Waals surface area (Å²) in [4.78, 5) is 24.8. The minimum atomic E-state index is -0.596. The molecule has 0 fully saturated rings. The van der Waals surface area contributed by atoms with Crippen LogP contribution in [-0.4, -0.2) is 37.5 Å². The number of carbonyl (C=O) groups is 2. The fourth-order valence-electron chi connectivity index (χ4n) is 1.93. The zero-order valence-corrected chi connectivity index (χ0v) is 12.1. The maximum absolute atomic E-state index is 14.0. The van der Waals surface area contributed by atoms with Crippen molar-refractivity contribution in [2.75, 3.05) is 26.4 Å². The van der Waals surface area contributed by atoms with Crippen molar-refractivity contribution in [3.8, 4) is 0 Å². The molecule has 0 bridgehead atoms. The molecule has 0 aromatic heterocycles. The Bertz CT molecular complexity index is 531. The monoisotopic (exact) mass is 282 g/mol. The van der Waals surface area contributed by atoms with Gasteiger partial charge in [0.05, 0.1) is 18.6 Å². The summed E-state index contributed by atoms with van der Waals surface area (Å²) in [5.74, 6) is -2.02. The minimum absolute atomic E-state index is 0.0953. The first kappa shape index (κ1) is 15.9. The number of halogens is 1. The summed E-state index contributed by atoms with van der Waals surface area (Å²) in [5, 5.41) is 0. The van der Waals surface area contributed by atoms with Gasteiger partial charge in [-0.05, 0) is 24.6 Å². The second-order valence-electron chi connectivity index (χ2n) is 4.81. The molecule has 1 unspecified atom stereocenters. The molecule has 1 atom stereocenters. The van der Waals surface area contributed by atoms with Crippen LogP contribution in [0.25, 0.3) is 0 Å². The number of esters is 1. The molecule has 5 nitrogen and oxygen atoms in total. The molecule has 0 spiro atoms. The van der Waals surface area contributed by atoms with Crippen LogP contribution in [0.15, 0.2) is 12.1 Å². The molecule has 0 aliphatic carbocycles. The highest BCUT2D eigenvalue weighted by Gasteiger charge is 2.22. The van der Waals surface area contributed by atoms with E-state index >= 15 is 0 Å². The molecule has 1 aromatic rings. The average molecular weight is 282 g/mol. The van der Waals surface area contributed by atoms with E-state index in [1.54, 1.807) is 13.8 Å². The number of anilines is 1. The summed E-state index contributed by atoms with van der Waals surface area (Å²) in [6.45, 7) is 3.31. The summed E-state index contributed by atoms with van der Waals surface area (Å²) >= 11 is 0. The quantitative estimate of drug-likeness (QED) is 0.672. The molecular formula is C14H19FN2O3. The molecule has 1 amide bonds. The van der Waals surface area contributed by atoms with Crippen molar-refractivity contribution in [3.63, 3.8) is 0 Å². The number of rotatable bonds is 4. The van der Waals surface area contributed by atoms with Crippen molar-refractivity contribution < 1.29 is 18.7 Å². The maximum Gasteiger partial charge on any atom is 0.310 e. The van der Waals surface area contributed by atoms with Crippen molar-refractivity contribution >= 4 is 17.6 Å². The van der Waals surface area contributed by atoms with E-state index < -0.39 is 23.6 Å². The first-order valence-corrected chi connectivity index (χ1v) is 6.16. The van der Waals surface area contributed by atoms with Crippen LogP contribution in [-0.2, 0) is 9.53 Å². The average Bonchev–Trinajstić information content (AvgIpc) is 2.40. The largest absolute Gasteiger partial charge is 0.469 e. The van der Waals surface area contributed by atoms with E-state index in [1.165, 1.54) is 31.2 Å². The Morgan fingerprint density at radius 1 is 1.45 bits per heavy atom. The van der Waals surface area contributed by atoms with Crippen LogP contribution in [0.2, 0.25) is 0 Å². The summed E-state index contributed by atoms with van der Waals surface area (Å²) < 4.78 is 18.5. The fraction of sp³-hybridized carbons (Fsp3) is 0.429. The van der Waals surface area contributed by atoms with Gasteiger partial charge in [-0.15, -0.1) is 0 Å². The number of nitrogens with two attached hydrogens (primary N) is 1. The number of carbonyl (C=O) groups excluding carboxylic acids is 2. The van der Waals surface area contributed by atoms with Gasteiger partial charge in [0.25, 0.3) is 5.91 Å². The number of benzene rings is 1. The number of ether oxygens (including phenoxy) is 1. The zero-order valence-electron chi connectivity index (χ0n) is 12.1. The third kappa shape index (κ3) is 3.46. The van der Waals surface area contributed by atoms with Gasteiger partial charge in [0, 0.05) is 19.3 Å². The molecule has 0 radical (unpaired) electrons. The minimum Gasteiger partial charge on any atom is -0.469 e.